The minimum absolute atomic E-state index is 0.0736. The summed E-state index contributed by atoms with van der Waals surface area (Å²) in [5, 5.41) is 12.4. The van der Waals surface area contributed by atoms with Crippen molar-refractivity contribution in [2.45, 2.75) is 12.8 Å². The Bertz CT molecular complexity index is 1210. The van der Waals surface area contributed by atoms with Crippen LogP contribution < -0.4 is 11.1 Å². The van der Waals surface area contributed by atoms with Gasteiger partial charge >= 0.3 is 6.18 Å². The number of rotatable bonds is 6. The summed E-state index contributed by atoms with van der Waals surface area (Å²) in [6.45, 7) is -0.246. The molecule has 0 unspecified atom stereocenters. The zero-order valence-electron chi connectivity index (χ0n) is 17.1. The highest BCUT2D eigenvalue weighted by Crippen LogP contribution is 2.27. The average molecular weight is 474 g/mol. The summed E-state index contributed by atoms with van der Waals surface area (Å²) in [5.74, 6) is -0.447. The molecular weight excluding hydrogens is 455 g/mol. The van der Waals surface area contributed by atoms with Crippen LogP contribution in [0.4, 0.5) is 24.5 Å². The number of alkyl halides is 3. The van der Waals surface area contributed by atoms with Crippen molar-refractivity contribution >= 4 is 34.6 Å². The van der Waals surface area contributed by atoms with Gasteiger partial charge in [-0.25, -0.2) is 4.99 Å². The number of carbonyl (C=O) groups excluding carboxylic acids is 1. The monoisotopic (exact) mass is 473 g/mol. The van der Waals surface area contributed by atoms with E-state index < -0.39 is 17.8 Å². The molecule has 0 saturated carbocycles. The summed E-state index contributed by atoms with van der Waals surface area (Å²) < 4.78 is 39.1. The molecule has 0 aromatic heterocycles. The van der Waals surface area contributed by atoms with Gasteiger partial charge in [0.25, 0.3) is 5.91 Å². The number of nitrogens with zero attached hydrogens (tertiary/aromatic N) is 1. The second kappa shape index (κ2) is 10.3. The Morgan fingerprint density at radius 3 is 2.24 bits per heavy atom. The van der Waals surface area contributed by atoms with Gasteiger partial charge in [0.2, 0.25) is 0 Å². The quantitative estimate of drug-likeness (QED) is 0.406. The molecule has 3 rings (SSSR count). The molecule has 4 N–H and O–H groups in total. The third kappa shape index (κ3) is 6.21. The first-order valence-electron chi connectivity index (χ1n) is 9.67. The van der Waals surface area contributed by atoms with E-state index in [0.717, 1.165) is 6.08 Å². The van der Waals surface area contributed by atoms with E-state index in [9.17, 15) is 23.1 Å². The number of nitrogens with two attached hydrogens (primary N) is 1. The van der Waals surface area contributed by atoms with E-state index in [1.807, 2.05) is 0 Å². The van der Waals surface area contributed by atoms with E-state index in [4.69, 9.17) is 17.3 Å². The molecule has 0 fully saturated rings. The minimum atomic E-state index is -4.73. The lowest BCUT2D eigenvalue weighted by Crippen LogP contribution is -2.21. The molecule has 0 spiro atoms. The van der Waals surface area contributed by atoms with E-state index in [1.54, 1.807) is 48.5 Å². The van der Waals surface area contributed by atoms with Gasteiger partial charge in [-0.15, -0.1) is 0 Å². The molecule has 0 bridgehead atoms. The SMILES string of the molecule is N/C(=C\C(=Nc1ccccc1Cl)c1ccc(C(=O)Nc2ccccc2CO)cc1)C(F)(F)F. The van der Waals surface area contributed by atoms with Gasteiger partial charge in [-0.1, -0.05) is 54.1 Å². The second-order valence-electron chi connectivity index (χ2n) is 6.89. The van der Waals surface area contributed by atoms with Gasteiger partial charge in [0, 0.05) is 22.4 Å². The number of aliphatic imine (C=N–C) groups is 1. The number of aliphatic hydroxyl groups is 1. The Labute approximate surface area is 193 Å². The standard InChI is InChI=1S/C24H19ClF3N3O2/c25-18-6-2-4-8-20(18)30-21(13-22(29)24(26,27)28)15-9-11-16(12-10-15)23(33)31-19-7-3-1-5-17(19)14-32/h1-13,32H,14,29H2,(H,31,33)/b22-13-,30-21?. The van der Waals surface area contributed by atoms with Crippen molar-refractivity contribution in [1.29, 1.82) is 0 Å². The molecular formula is C24H19ClF3N3O2. The van der Waals surface area contributed by atoms with Crippen LogP contribution in [0.3, 0.4) is 0 Å². The fraction of sp³-hybridized carbons (Fsp3) is 0.0833. The van der Waals surface area contributed by atoms with Crippen LogP contribution in [0.2, 0.25) is 5.02 Å². The van der Waals surface area contributed by atoms with Crippen LogP contribution in [-0.2, 0) is 6.61 Å². The van der Waals surface area contributed by atoms with Crippen molar-refractivity contribution in [2.24, 2.45) is 10.7 Å². The second-order valence-corrected chi connectivity index (χ2v) is 7.30. The maximum absolute atomic E-state index is 13.0. The molecule has 33 heavy (non-hydrogen) atoms. The summed E-state index contributed by atoms with van der Waals surface area (Å²) in [7, 11) is 0. The third-order valence-electron chi connectivity index (χ3n) is 4.59. The van der Waals surface area contributed by atoms with Gasteiger partial charge in [-0.3, -0.25) is 4.79 Å². The number of benzene rings is 3. The van der Waals surface area contributed by atoms with Crippen molar-refractivity contribution in [2.75, 3.05) is 5.32 Å². The van der Waals surface area contributed by atoms with Crippen LogP contribution in [-0.4, -0.2) is 22.9 Å². The number of allylic oxidation sites excluding steroid dienone is 2. The first kappa shape index (κ1) is 24.0. The molecule has 0 aliphatic carbocycles. The first-order chi connectivity index (χ1) is 15.7. The van der Waals surface area contributed by atoms with E-state index in [0.29, 0.717) is 16.8 Å². The number of anilines is 1. The van der Waals surface area contributed by atoms with E-state index in [-0.39, 0.29) is 28.6 Å². The Morgan fingerprint density at radius 2 is 1.61 bits per heavy atom. The van der Waals surface area contributed by atoms with Crippen LogP contribution in [0.5, 0.6) is 0 Å². The van der Waals surface area contributed by atoms with Gasteiger partial charge in [0.15, 0.2) is 0 Å². The highest BCUT2D eigenvalue weighted by Gasteiger charge is 2.31. The highest BCUT2D eigenvalue weighted by atomic mass is 35.5. The van der Waals surface area contributed by atoms with Gasteiger partial charge in [0.1, 0.15) is 5.70 Å². The number of carbonyl (C=O) groups is 1. The molecule has 5 nitrogen and oxygen atoms in total. The molecule has 9 heteroatoms. The number of amides is 1. The fourth-order valence-electron chi connectivity index (χ4n) is 2.85. The summed E-state index contributed by atoms with van der Waals surface area (Å²) in [6.07, 6.45) is -4.02. The summed E-state index contributed by atoms with van der Waals surface area (Å²) in [6, 6.07) is 19.0. The molecule has 0 heterocycles. The summed E-state index contributed by atoms with van der Waals surface area (Å²) in [5.41, 5.74) is 5.64. The number of para-hydroxylation sites is 2. The Hall–Kier alpha value is -3.62. The molecule has 0 saturated heterocycles. The van der Waals surface area contributed by atoms with E-state index >= 15 is 0 Å². The molecule has 1 amide bonds. The molecule has 3 aromatic rings. The molecule has 0 atom stereocenters. The topological polar surface area (TPSA) is 87.7 Å². The lowest BCUT2D eigenvalue weighted by molar-refractivity contribution is -0.0925. The maximum atomic E-state index is 13.0. The zero-order valence-corrected chi connectivity index (χ0v) is 17.9. The molecule has 170 valence electrons. The minimum Gasteiger partial charge on any atom is -0.395 e. The van der Waals surface area contributed by atoms with E-state index in [2.05, 4.69) is 10.3 Å². The smallest absolute Gasteiger partial charge is 0.395 e. The number of hydrogen-bond donors (Lipinski definition) is 3. The van der Waals surface area contributed by atoms with Gasteiger partial charge in [-0.2, -0.15) is 13.2 Å². The molecule has 3 aromatic carbocycles. The number of aliphatic hydroxyl groups excluding tert-OH is 1. The number of nitrogens with one attached hydrogen (secondary N) is 1. The number of halogens is 4. The maximum Gasteiger partial charge on any atom is 0.430 e. The largest absolute Gasteiger partial charge is 0.430 e. The predicted molar refractivity (Wildman–Crippen MR) is 123 cm³/mol. The van der Waals surface area contributed by atoms with Crippen molar-refractivity contribution < 1.29 is 23.1 Å². The molecule has 0 aliphatic heterocycles. The average Bonchev–Trinajstić information content (AvgIpc) is 2.79. The highest BCUT2D eigenvalue weighted by molar-refractivity contribution is 6.33. The predicted octanol–water partition coefficient (Wildman–Crippen LogP) is 5.61. The summed E-state index contributed by atoms with van der Waals surface area (Å²) >= 11 is 6.10. The van der Waals surface area contributed by atoms with Crippen LogP contribution in [0.15, 0.2) is 89.6 Å². The first-order valence-corrected chi connectivity index (χ1v) is 10.0. The van der Waals surface area contributed by atoms with Crippen molar-refractivity contribution in [3.63, 3.8) is 0 Å². The molecule has 0 radical (unpaired) electrons. The van der Waals surface area contributed by atoms with Crippen LogP contribution in [0.1, 0.15) is 21.5 Å². The van der Waals surface area contributed by atoms with Gasteiger partial charge in [-0.05, 0) is 36.4 Å². The van der Waals surface area contributed by atoms with E-state index in [1.165, 1.54) is 24.3 Å². The Balaban J connectivity index is 1.94. The van der Waals surface area contributed by atoms with Crippen LogP contribution in [0, 0.1) is 0 Å². The normalized spacial score (nSPS) is 12.5. The molecule has 0 aliphatic rings. The van der Waals surface area contributed by atoms with Gasteiger partial charge < -0.3 is 16.2 Å². The van der Waals surface area contributed by atoms with Crippen molar-refractivity contribution in [1.82, 2.24) is 0 Å². The van der Waals surface area contributed by atoms with Crippen LogP contribution >= 0.6 is 11.6 Å². The fourth-order valence-corrected chi connectivity index (χ4v) is 3.03. The van der Waals surface area contributed by atoms with Gasteiger partial charge in [0.05, 0.1) is 23.0 Å². The summed E-state index contributed by atoms with van der Waals surface area (Å²) in [4.78, 5) is 16.8. The van der Waals surface area contributed by atoms with Crippen molar-refractivity contribution in [3.05, 3.63) is 106 Å². The van der Waals surface area contributed by atoms with Crippen LogP contribution in [0.25, 0.3) is 0 Å². The number of hydrogen-bond acceptors (Lipinski definition) is 4. The lowest BCUT2D eigenvalue weighted by atomic mass is 10.1. The zero-order chi connectivity index (χ0) is 24.0. The Kier molecular flexibility index (Phi) is 7.52. The lowest BCUT2D eigenvalue weighted by Gasteiger charge is -2.11. The Morgan fingerprint density at radius 1 is 1.00 bits per heavy atom. The van der Waals surface area contributed by atoms with Crippen molar-refractivity contribution in [3.8, 4) is 0 Å². The third-order valence-corrected chi connectivity index (χ3v) is 4.91.